The number of nitrogens with zero attached hydrogens (tertiary/aromatic N) is 1. The molecule has 1 aliphatic rings. The minimum atomic E-state index is -0.737. The van der Waals surface area contributed by atoms with Crippen molar-refractivity contribution in [2.45, 2.75) is 25.8 Å². The quantitative estimate of drug-likeness (QED) is 0.568. The van der Waals surface area contributed by atoms with Gasteiger partial charge in [-0.15, -0.1) is 0 Å². The molecular formula is C13H14N4O3. The van der Waals surface area contributed by atoms with Gasteiger partial charge < -0.3 is 5.32 Å². The summed E-state index contributed by atoms with van der Waals surface area (Å²) in [4.78, 5) is 34.8. The van der Waals surface area contributed by atoms with Gasteiger partial charge in [-0.25, -0.2) is 5.53 Å². The van der Waals surface area contributed by atoms with E-state index < -0.39 is 17.9 Å². The van der Waals surface area contributed by atoms with Crippen LogP contribution in [0.15, 0.2) is 23.3 Å². The summed E-state index contributed by atoms with van der Waals surface area (Å²) in [5, 5.41) is 8.08. The van der Waals surface area contributed by atoms with Crippen molar-refractivity contribution in [3.8, 4) is 0 Å². The molecule has 7 heteroatoms. The van der Waals surface area contributed by atoms with Gasteiger partial charge >= 0.3 is 0 Å². The Morgan fingerprint density at radius 2 is 2.20 bits per heavy atom. The Bertz CT molecular complexity index is 597. The Hall–Kier alpha value is -2.57. The maximum absolute atomic E-state index is 12.2. The van der Waals surface area contributed by atoms with Crippen LogP contribution in [0.5, 0.6) is 0 Å². The standard InChI is InChI=1S/C13H14N4O3/c1-7-3-2-4-8(11(7)17-14)12(19)15-9-5-6-10(18)16-13(9)20/h2-4,9,14H,5-6H2,1H3,(H,15,19)(H,16,18,20). The number of nitrogens with one attached hydrogen (secondary N) is 3. The highest BCUT2D eigenvalue weighted by Gasteiger charge is 2.28. The Kier molecular flexibility index (Phi) is 3.88. The topological polar surface area (TPSA) is 111 Å². The molecule has 1 aromatic rings. The van der Waals surface area contributed by atoms with Crippen molar-refractivity contribution in [1.29, 1.82) is 5.53 Å². The van der Waals surface area contributed by atoms with Crippen LogP contribution in [0.1, 0.15) is 28.8 Å². The predicted molar refractivity (Wildman–Crippen MR) is 69.6 cm³/mol. The summed E-state index contributed by atoms with van der Waals surface area (Å²) in [6.45, 7) is 1.75. The highest BCUT2D eigenvalue weighted by atomic mass is 16.2. The summed E-state index contributed by atoms with van der Waals surface area (Å²) in [6.07, 6.45) is 0.468. The number of benzene rings is 1. The maximum Gasteiger partial charge on any atom is 0.254 e. The van der Waals surface area contributed by atoms with Gasteiger partial charge in [-0.1, -0.05) is 12.1 Å². The zero-order valence-corrected chi connectivity index (χ0v) is 10.9. The first-order valence-corrected chi connectivity index (χ1v) is 6.14. The highest BCUT2D eigenvalue weighted by molar-refractivity contribution is 6.05. The summed E-state index contributed by atoms with van der Waals surface area (Å²) in [5.41, 5.74) is 8.35. The van der Waals surface area contributed by atoms with Crippen molar-refractivity contribution in [1.82, 2.24) is 10.6 Å². The van der Waals surface area contributed by atoms with E-state index in [1.165, 1.54) is 0 Å². The maximum atomic E-state index is 12.2. The van der Waals surface area contributed by atoms with E-state index in [1.807, 2.05) is 0 Å². The average Bonchev–Trinajstić information content (AvgIpc) is 2.41. The number of imide groups is 1. The lowest BCUT2D eigenvalue weighted by Crippen LogP contribution is -2.52. The molecule has 2 rings (SSSR count). The molecule has 0 saturated carbocycles. The van der Waals surface area contributed by atoms with Crippen LogP contribution < -0.4 is 10.6 Å². The molecule has 1 atom stereocenters. The fraction of sp³-hybridized carbons (Fsp3) is 0.308. The van der Waals surface area contributed by atoms with Crippen LogP contribution in [0.4, 0.5) is 5.69 Å². The van der Waals surface area contributed by atoms with Crippen LogP contribution in [0.2, 0.25) is 0 Å². The molecule has 0 radical (unpaired) electrons. The molecule has 1 fully saturated rings. The summed E-state index contributed by atoms with van der Waals surface area (Å²) < 4.78 is 0. The number of para-hydroxylation sites is 1. The number of piperidine rings is 1. The summed E-state index contributed by atoms with van der Waals surface area (Å²) in [6, 6.07) is 4.24. The second-order valence-electron chi connectivity index (χ2n) is 4.56. The van der Waals surface area contributed by atoms with E-state index in [0.29, 0.717) is 5.56 Å². The molecule has 1 unspecified atom stereocenters. The first-order chi connectivity index (χ1) is 9.52. The second kappa shape index (κ2) is 5.60. The third kappa shape index (κ3) is 2.71. The zero-order chi connectivity index (χ0) is 14.7. The molecule has 0 bridgehead atoms. The molecule has 3 N–H and O–H groups in total. The van der Waals surface area contributed by atoms with E-state index >= 15 is 0 Å². The molecule has 0 spiro atoms. The SMILES string of the molecule is Cc1cccc(C(=O)NC2CCC(=O)NC2=O)c1N=N. The largest absolute Gasteiger partial charge is 0.340 e. The molecule has 7 nitrogen and oxygen atoms in total. The van der Waals surface area contributed by atoms with Gasteiger partial charge in [0.05, 0.1) is 5.56 Å². The first kappa shape index (κ1) is 13.9. The van der Waals surface area contributed by atoms with Crippen molar-refractivity contribution in [2.24, 2.45) is 5.11 Å². The summed E-state index contributed by atoms with van der Waals surface area (Å²) in [7, 11) is 0. The zero-order valence-electron chi connectivity index (χ0n) is 10.9. The van der Waals surface area contributed by atoms with Crippen molar-refractivity contribution in [3.63, 3.8) is 0 Å². The lowest BCUT2D eigenvalue weighted by molar-refractivity contribution is -0.134. The third-order valence-corrected chi connectivity index (χ3v) is 3.14. The smallest absolute Gasteiger partial charge is 0.254 e. The number of carbonyl (C=O) groups excluding carboxylic acids is 3. The normalized spacial score (nSPS) is 18.4. The van der Waals surface area contributed by atoms with Gasteiger partial charge in [0.1, 0.15) is 11.7 Å². The van der Waals surface area contributed by atoms with Gasteiger partial charge in [0, 0.05) is 6.42 Å². The van der Waals surface area contributed by atoms with Crippen molar-refractivity contribution in [3.05, 3.63) is 29.3 Å². The van der Waals surface area contributed by atoms with E-state index in [9.17, 15) is 14.4 Å². The minimum Gasteiger partial charge on any atom is -0.340 e. The van der Waals surface area contributed by atoms with Crippen molar-refractivity contribution < 1.29 is 14.4 Å². The van der Waals surface area contributed by atoms with Crippen LogP contribution in [-0.2, 0) is 9.59 Å². The molecule has 0 aromatic heterocycles. The van der Waals surface area contributed by atoms with Gasteiger partial charge in [0.15, 0.2) is 0 Å². The number of rotatable bonds is 3. The van der Waals surface area contributed by atoms with Gasteiger partial charge in [-0.2, -0.15) is 5.11 Å². The van der Waals surface area contributed by atoms with E-state index in [2.05, 4.69) is 15.7 Å². The average molecular weight is 274 g/mol. The molecular weight excluding hydrogens is 260 g/mol. The molecule has 1 aromatic carbocycles. The molecule has 1 saturated heterocycles. The number of hydrogen-bond acceptors (Lipinski definition) is 5. The van der Waals surface area contributed by atoms with Gasteiger partial charge in [-0.3, -0.25) is 19.7 Å². The second-order valence-corrected chi connectivity index (χ2v) is 4.56. The molecule has 20 heavy (non-hydrogen) atoms. The molecule has 104 valence electrons. The van der Waals surface area contributed by atoms with Crippen molar-refractivity contribution in [2.75, 3.05) is 0 Å². The molecule has 0 aliphatic carbocycles. The summed E-state index contributed by atoms with van der Waals surface area (Å²) >= 11 is 0. The number of amides is 3. The third-order valence-electron chi connectivity index (χ3n) is 3.14. The number of carbonyl (C=O) groups is 3. The minimum absolute atomic E-state index is 0.195. The van der Waals surface area contributed by atoms with Crippen LogP contribution in [0.25, 0.3) is 0 Å². The Balaban J connectivity index is 2.17. The van der Waals surface area contributed by atoms with Crippen LogP contribution in [-0.4, -0.2) is 23.8 Å². The fourth-order valence-corrected chi connectivity index (χ4v) is 2.06. The Morgan fingerprint density at radius 3 is 2.85 bits per heavy atom. The van der Waals surface area contributed by atoms with Gasteiger partial charge in [0.25, 0.3) is 5.91 Å². The molecule has 3 amide bonds. The Labute approximate surface area is 115 Å². The Morgan fingerprint density at radius 1 is 1.45 bits per heavy atom. The van der Waals surface area contributed by atoms with Gasteiger partial charge in [0.2, 0.25) is 11.8 Å². The fourth-order valence-electron chi connectivity index (χ4n) is 2.06. The van der Waals surface area contributed by atoms with Crippen LogP contribution >= 0.6 is 0 Å². The summed E-state index contributed by atoms with van der Waals surface area (Å²) in [5.74, 6) is -1.32. The first-order valence-electron chi connectivity index (χ1n) is 6.14. The predicted octanol–water partition coefficient (Wildman–Crippen LogP) is 1.19. The molecule has 1 aliphatic heterocycles. The monoisotopic (exact) mass is 274 g/mol. The van der Waals surface area contributed by atoms with Crippen molar-refractivity contribution >= 4 is 23.4 Å². The molecule has 1 heterocycles. The number of hydrogen-bond donors (Lipinski definition) is 3. The van der Waals surface area contributed by atoms with E-state index in [4.69, 9.17) is 5.53 Å². The highest BCUT2D eigenvalue weighted by Crippen LogP contribution is 2.23. The van der Waals surface area contributed by atoms with Crippen LogP contribution in [0.3, 0.4) is 0 Å². The lowest BCUT2D eigenvalue weighted by Gasteiger charge is -2.22. The van der Waals surface area contributed by atoms with E-state index in [1.54, 1.807) is 25.1 Å². The van der Waals surface area contributed by atoms with Crippen LogP contribution in [0, 0.1) is 12.5 Å². The van der Waals surface area contributed by atoms with E-state index in [-0.39, 0.29) is 30.0 Å². The van der Waals surface area contributed by atoms with Gasteiger partial charge in [-0.05, 0) is 25.0 Å². The lowest BCUT2D eigenvalue weighted by atomic mass is 10.0. The van der Waals surface area contributed by atoms with E-state index in [0.717, 1.165) is 0 Å². The number of aryl methyl sites for hydroxylation is 1.